The number of aliphatic hydroxyl groups excluding tert-OH is 2. The maximum atomic E-state index is 15.4. The highest BCUT2D eigenvalue weighted by atomic mass is 32.1. The van der Waals surface area contributed by atoms with Gasteiger partial charge in [-0.05, 0) is 46.4 Å². The highest BCUT2D eigenvalue weighted by Crippen LogP contribution is 2.56. The van der Waals surface area contributed by atoms with Crippen molar-refractivity contribution < 1.29 is 46.4 Å². The van der Waals surface area contributed by atoms with E-state index in [0.717, 1.165) is 23.5 Å². The molecule has 4 nitrogen and oxygen atoms in total. The van der Waals surface area contributed by atoms with Crippen LogP contribution in [0.25, 0.3) is 21.6 Å². The third-order valence-corrected chi connectivity index (χ3v) is 6.82. The highest BCUT2D eigenvalue weighted by molar-refractivity contribution is 7.17. The number of rotatable bonds is 8. The Kier molecular flexibility index (Phi) is 7.56. The quantitative estimate of drug-likeness (QED) is 0.321. The number of ether oxygens (including phenoxy) is 1. The van der Waals surface area contributed by atoms with Crippen LogP contribution in [-0.2, 0) is 25.3 Å². The van der Waals surface area contributed by atoms with E-state index in [9.17, 15) is 32.2 Å². The molecule has 0 aliphatic rings. The first-order valence-corrected chi connectivity index (χ1v) is 11.2. The SMILES string of the molecule is CCc1cccc(-c2cc(-c3ccc(CO)c(CO)c3)c(OC)s2)c1C(F)(C(O)(F)F)C(F)(F)F. The van der Waals surface area contributed by atoms with Crippen molar-refractivity contribution in [3.8, 4) is 26.6 Å². The van der Waals surface area contributed by atoms with Crippen LogP contribution in [0, 0.1) is 0 Å². The molecule has 1 atom stereocenters. The Morgan fingerprint density at radius 1 is 0.857 bits per heavy atom. The molecule has 0 saturated heterocycles. The van der Waals surface area contributed by atoms with E-state index in [4.69, 9.17) is 9.84 Å². The Morgan fingerprint density at radius 3 is 2.03 bits per heavy atom. The van der Waals surface area contributed by atoms with Gasteiger partial charge >= 0.3 is 18.0 Å². The standard InChI is InChI=1S/C24H22F6O4S/c1-3-13-5-4-6-17(20(13)22(25,23(26,27)28)24(29,30)33)19-10-18(21(34-2)35-19)14-7-8-15(11-31)16(9-14)12-32/h4-10,31-33H,3,11-12H2,1-2H3. The minimum atomic E-state index is -6.13. The molecule has 0 aliphatic carbocycles. The molecular formula is C24H22F6O4S. The molecule has 1 aromatic heterocycles. The lowest BCUT2D eigenvalue weighted by atomic mass is 9.84. The lowest BCUT2D eigenvalue weighted by Gasteiger charge is -2.34. The van der Waals surface area contributed by atoms with E-state index in [1.54, 1.807) is 18.2 Å². The molecular weight excluding hydrogens is 498 g/mol. The van der Waals surface area contributed by atoms with Crippen LogP contribution in [0.3, 0.4) is 0 Å². The average Bonchev–Trinajstić information content (AvgIpc) is 3.25. The Labute approximate surface area is 201 Å². The Morgan fingerprint density at radius 2 is 1.51 bits per heavy atom. The smallest absolute Gasteiger partial charge is 0.435 e. The molecule has 3 N–H and O–H groups in total. The van der Waals surface area contributed by atoms with Gasteiger partial charge in [-0.3, -0.25) is 0 Å². The van der Waals surface area contributed by atoms with E-state index in [2.05, 4.69) is 0 Å². The molecule has 0 aliphatic heterocycles. The zero-order chi connectivity index (χ0) is 26.2. The minimum Gasteiger partial charge on any atom is -0.487 e. The van der Waals surface area contributed by atoms with Crippen LogP contribution in [-0.4, -0.2) is 34.7 Å². The molecule has 35 heavy (non-hydrogen) atoms. The molecule has 0 bridgehead atoms. The number of methoxy groups -OCH3 is 1. The van der Waals surface area contributed by atoms with E-state index in [0.29, 0.717) is 22.3 Å². The van der Waals surface area contributed by atoms with Gasteiger partial charge in [-0.1, -0.05) is 48.6 Å². The second-order valence-electron chi connectivity index (χ2n) is 7.71. The van der Waals surface area contributed by atoms with Crippen molar-refractivity contribution in [1.82, 2.24) is 0 Å². The van der Waals surface area contributed by atoms with Crippen molar-refractivity contribution in [1.29, 1.82) is 0 Å². The van der Waals surface area contributed by atoms with Gasteiger partial charge in [-0.15, -0.1) is 0 Å². The van der Waals surface area contributed by atoms with E-state index < -0.39 is 35.7 Å². The number of hydrogen-bond donors (Lipinski definition) is 3. The lowest BCUT2D eigenvalue weighted by Crippen LogP contribution is -2.53. The molecule has 0 spiro atoms. The minimum absolute atomic E-state index is 0.00513. The van der Waals surface area contributed by atoms with E-state index >= 15 is 4.39 Å². The topological polar surface area (TPSA) is 69.9 Å². The first-order valence-electron chi connectivity index (χ1n) is 10.3. The fourth-order valence-electron chi connectivity index (χ4n) is 3.92. The van der Waals surface area contributed by atoms with Crippen molar-refractivity contribution >= 4 is 11.3 Å². The number of alkyl halides is 6. The summed E-state index contributed by atoms with van der Waals surface area (Å²) in [5.41, 5.74) is -5.88. The van der Waals surface area contributed by atoms with Crippen LogP contribution in [0.2, 0.25) is 0 Å². The van der Waals surface area contributed by atoms with Crippen LogP contribution in [0.15, 0.2) is 42.5 Å². The van der Waals surface area contributed by atoms with Gasteiger partial charge in [0.15, 0.2) is 5.06 Å². The molecule has 11 heteroatoms. The molecule has 0 amide bonds. The largest absolute Gasteiger partial charge is 0.487 e. The summed E-state index contributed by atoms with van der Waals surface area (Å²) >= 11 is 0.807. The summed E-state index contributed by atoms with van der Waals surface area (Å²) in [4.78, 5) is -0.00513. The molecule has 1 unspecified atom stereocenters. The summed E-state index contributed by atoms with van der Waals surface area (Å²) < 4.78 is 90.0. The summed E-state index contributed by atoms with van der Waals surface area (Å²) in [7, 11) is 1.30. The van der Waals surface area contributed by atoms with E-state index in [1.165, 1.54) is 26.2 Å². The molecule has 2 aromatic carbocycles. The first kappa shape index (κ1) is 27.0. The molecule has 0 fully saturated rings. The molecule has 3 rings (SSSR count). The van der Waals surface area contributed by atoms with Crippen LogP contribution in [0.4, 0.5) is 26.3 Å². The summed E-state index contributed by atoms with van der Waals surface area (Å²) in [6.45, 7) is 0.655. The van der Waals surface area contributed by atoms with Gasteiger partial charge in [0.25, 0.3) is 0 Å². The number of aryl methyl sites for hydroxylation is 1. The van der Waals surface area contributed by atoms with Gasteiger partial charge in [0.05, 0.1) is 20.3 Å². The van der Waals surface area contributed by atoms with Crippen molar-refractivity contribution in [2.45, 2.75) is 44.5 Å². The Bertz CT molecular complexity index is 1190. The number of aliphatic hydroxyl groups is 3. The number of thiophene rings is 1. The van der Waals surface area contributed by atoms with Crippen LogP contribution in [0.1, 0.15) is 29.2 Å². The highest BCUT2D eigenvalue weighted by Gasteiger charge is 2.73. The number of benzene rings is 2. The second-order valence-corrected chi connectivity index (χ2v) is 8.72. The maximum absolute atomic E-state index is 15.4. The van der Waals surface area contributed by atoms with Gasteiger partial charge in [-0.2, -0.15) is 22.0 Å². The molecule has 0 radical (unpaired) electrons. The summed E-state index contributed by atoms with van der Waals surface area (Å²) in [5, 5.41) is 28.3. The first-order chi connectivity index (χ1) is 16.3. The molecule has 1 heterocycles. The molecule has 3 aromatic rings. The van der Waals surface area contributed by atoms with E-state index in [1.807, 2.05) is 0 Å². The number of halogens is 6. The zero-order valence-corrected chi connectivity index (χ0v) is 19.4. The second kappa shape index (κ2) is 9.81. The van der Waals surface area contributed by atoms with Gasteiger partial charge in [-0.25, -0.2) is 4.39 Å². The fourth-order valence-corrected chi connectivity index (χ4v) is 4.95. The van der Waals surface area contributed by atoms with Gasteiger partial charge in [0, 0.05) is 16.0 Å². The Hall–Kier alpha value is -2.60. The van der Waals surface area contributed by atoms with Crippen molar-refractivity contribution in [2.24, 2.45) is 0 Å². The van der Waals surface area contributed by atoms with Crippen LogP contribution in [0.5, 0.6) is 5.06 Å². The van der Waals surface area contributed by atoms with Gasteiger partial charge in [0.1, 0.15) is 0 Å². The van der Waals surface area contributed by atoms with Crippen molar-refractivity contribution in [3.05, 3.63) is 64.7 Å². The molecule has 0 saturated carbocycles. The number of hydrogen-bond acceptors (Lipinski definition) is 5. The third-order valence-electron chi connectivity index (χ3n) is 5.69. The van der Waals surface area contributed by atoms with E-state index in [-0.39, 0.29) is 28.5 Å². The molecule has 190 valence electrons. The van der Waals surface area contributed by atoms with Gasteiger partial charge in [0.2, 0.25) is 0 Å². The zero-order valence-electron chi connectivity index (χ0n) is 18.6. The van der Waals surface area contributed by atoms with Crippen molar-refractivity contribution in [3.63, 3.8) is 0 Å². The van der Waals surface area contributed by atoms with Crippen LogP contribution < -0.4 is 4.74 Å². The summed E-state index contributed by atoms with van der Waals surface area (Å²) in [6.07, 6.45) is -12.1. The maximum Gasteiger partial charge on any atom is 0.435 e. The fraction of sp³-hybridized carbons (Fsp3) is 0.333. The predicted molar refractivity (Wildman–Crippen MR) is 119 cm³/mol. The normalized spacial score (nSPS) is 14.1. The average molecular weight is 520 g/mol. The monoisotopic (exact) mass is 520 g/mol. The van der Waals surface area contributed by atoms with Crippen molar-refractivity contribution in [2.75, 3.05) is 7.11 Å². The summed E-state index contributed by atoms with van der Waals surface area (Å²) in [5.74, 6) is 0. The lowest BCUT2D eigenvalue weighted by molar-refractivity contribution is -0.375. The van der Waals surface area contributed by atoms with Gasteiger partial charge < -0.3 is 20.1 Å². The van der Waals surface area contributed by atoms with Crippen LogP contribution >= 0.6 is 11.3 Å². The predicted octanol–water partition coefficient (Wildman–Crippen LogP) is 5.95. The summed E-state index contributed by atoms with van der Waals surface area (Å²) in [6, 6.07) is 9.52. The third kappa shape index (κ3) is 4.65. The Balaban J connectivity index is 2.32.